The summed E-state index contributed by atoms with van der Waals surface area (Å²) < 4.78 is 36.5. The number of carboxylic acids is 1. The highest BCUT2D eigenvalue weighted by atomic mass is 19.1. The molecule has 1 aliphatic rings. The second kappa shape index (κ2) is 4.89. The van der Waals surface area contributed by atoms with E-state index in [1.54, 1.807) is 0 Å². The Labute approximate surface area is 102 Å². The zero-order valence-electron chi connectivity index (χ0n) is 9.49. The molecule has 1 N–H and O–H groups in total. The molecule has 1 heterocycles. The summed E-state index contributed by atoms with van der Waals surface area (Å²) in [4.78, 5) is 11.3. The Morgan fingerprint density at radius 2 is 2.00 bits per heavy atom. The Balaban J connectivity index is 2.26. The molecule has 0 aliphatic carbocycles. The second-order valence-electron chi connectivity index (χ2n) is 4.09. The summed E-state index contributed by atoms with van der Waals surface area (Å²) in [5.74, 6) is -3.09. The van der Waals surface area contributed by atoms with Crippen LogP contribution in [-0.2, 0) is 9.53 Å². The van der Waals surface area contributed by atoms with Crippen molar-refractivity contribution in [1.29, 1.82) is 0 Å². The van der Waals surface area contributed by atoms with Gasteiger partial charge in [0, 0.05) is 18.9 Å². The van der Waals surface area contributed by atoms with Gasteiger partial charge in [-0.15, -0.1) is 0 Å². The van der Waals surface area contributed by atoms with Crippen molar-refractivity contribution in [1.82, 2.24) is 0 Å². The maximum absolute atomic E-state index is 13.4. The van der Waals surface area contributed by atoms with Gasteiger partial charge in [-0.1, -0.05) is 0 Å². The van der Waals surface area contributed by atoms with E-state index < -0.39 is 23.2 Å². The van der Waals surface area contributed by atoms with Gasteiger partial charge in [-0.05, 0) is 12.1 Å². The van der Waals surface area contributed by atoms with E-state index in [2.05, 4.69) is 0 Å². The highest BCUT2D eigenvalue weighted by Gasteiger charge is 2.43. The molecular formula is C12H12F2O4. The van der Waals surface area contributed by atoms with Crippen LogP contribution < -0.4 is 4.74 Å². The van der Waals surface area contributed by atoms with Crippen LogP contribution in [0.15, 0.2) is 18.2 Å². The molecule has 0 amide bonds. The predicted molar refractivity (Wildman–Crippen MR) is 57.4 cm³/mol. The summed E-state index contributed by atoms with van der Waals surface area (Å²) in [6.07, 6.45) is 0.248. The number of ether oxygens (including phenoxy) is 2. The fourth-order valence-corrected chi connectivity index (χ4v) is 1.83. The van der Waals surface area contributed by atoms with E-state index in [0.717, 1.165) is 12.1 Å². The summed E-state index contributed by atoms with van der Waals surface area (Å²) in [5.41, 5.74) is -1.50. The van der Waals surface area contributed by atoms with E-state index in [9.17, 15) is 18.7 Å². The van der Waals surface area contributed by atoms with Crippen LogP contribution >= 0.6 is 0 Å². The lowest BCUT2D eigenvalue weighted by molar-refractivity contribution is -0.163. The third-order valence-corrected chi connectivity index (χ3v) is 2.89. The Morgan fingerprint density at radius 1 is 1.33 bits per heavy atom. The van der Waals surface area contributed by atoms with Crippen molar-refractivity contribution in [2.45, 2.75) is 18.4 Å². The third kappa shape index (κ3) is 2.43. The number of carbonyl (C=O) groups is 1. The van der Waals surface area contributed by atoms with Gasteiger partial charge in [0.1, 0.15) is 5.82 Å². The number of carboxylic acid groups (broad SMARTS) is 1. The lowest BCUT2D eigenvalue weighted by Gasteiger charge is -2.33. The molecule has 1 aliphatic heterocycles. The van der Waals surface area contributed by atoms with Crippen molar-refractivity contribution in [2.24, 2.45) is 0 Å². The van der Waals surface area contributed by atoms with Crippen molar-refractivity contribution in [3.63, 3.8) is 0 Å². The van der Waals surface area contributed by atoms with Crippen molar-refractivity contribution in [3.8, 4) is 5.75 Å². The molecule has 6 heteroatoms. The van der Waals surface area contributed by atoms with Crippen molar-refractivity contribution >= 4 is 5.97 Å². The van der Waals surface area contributed by atoms with E-state index in [0.29, 0.717) is 6.07 Å². The maximum atomic E-state index is 13.4. The molecule has 0 unspecified atom stereocenters. The summed E-state index contributed by atoms with van der Waals surface area (Å²) in [6, 6.07) is 2.77. The van der Waals surface area contributed by atoms with E-state index in [-0.39, 0.29) is 31.8 Å². The van der Waals surface area contributed by atoms with E-state index in [1.165, 1.54) is 0 Å². The molecule has 0 aromatic heterocycles. The number of rotatable bonds is 3. The van der Waals surface area contributed by atoms with Gasteiger partial charge in [-0.2, -0.15) is 0 Å². The molecule has 1 aromatic carbocycles. The van der Waals surface area contributed by atoms with Crippen molar-refractivity contribution in [3.05, 3.63) is 29.8 Å². The molecule has 98 valence electrons. The number of aliphatic carboxylic acids is 1. The van der Waals surface area contributed by atoms with E-state index in [1.807, 2.05) is 0 Å². The first-order chi connectivity index (χ1) is 8.53. The molecule has 2 rings (SSSR count). The minimum Gasteiger partial charge on any atom is -0.478 e. The molecule has 0 atom stereocenters. The summed E-state index contributed by atoms with van der Waals surface area (Å²) in [5, 5.41) is 9.22. The molecule has 18 heavy (non-hydrogen) atoms. The van der Waals surface area contributed by atoms with Gasteiger partial charge in [0.2, 0.25) is 5.60 Å². The average Bonchev–Trinajstić information content (AvgIpc) is 2.34. The number of hydrogen-bond acceptors (Lipinski definition) is 3. The fraction of sp³-hybridized carbons (Fsp3) is 0.417. The van der Waals surface area contributed by atoms with Crippen LogP contribution in [0.3, 0.4) is 0 Å². The zero-order chi connectivity index (χ0) is 13.2. The van der Waals surface area contributed by atoms with E-state index >= 15 is 0 Å². The van der Waals surface area contributed by atoms with Crippen LogP contribution in [0.25, 0.3) is 0 Å². The molecule has 0 bridgehead atoms. The zero-order valence-corrected chi connectivity index (χ0v) is 9.49. The standard InChI is InChI=1S/C12H12F2O4/c13-8-1-2-10(9(14)7-8)18-12(11(15)16)3-5-17-6-4-12/h1-2,7H,3-6H2,(H,15,16). The van der Waals surface area contributed by atoms with Crippen LogP contribution in [0, 0.1) is 11.6 Å². The smallest absolute Gasteiger partial charge is 0.348 e. The number of benzene rings is 1. The molecule has 1 fully saturated rings. The Morgan fingerprint density at radius 3 is 2.56 bits per heavy atom. The fourth-order valence-electron chi connectivity index (χ4n) is 1.83. The number of halogens is 2. The molecule has 0 saturated carbocycles. The maximum Gasteiger partial charge on any atom is 0.348 e. The first-order valence-corrected chi connectivity index (χ1v) is 5.49. The Hall–Kier alpha value is -1.69. The van der Waals surface area contributed by atoms with Crippen LogP contribution in [0.4, 0.5) is 8.78 Å². The third-order valence-electron chi connectivity index (χ3n) is 2.89. The van der Waals surface area contributed by atoms with Gasteiger partial charge in [-0.25, -0.2) is 13.6 Å². The van der Waals surface area contributed by atoms with Gasteiger partial charge in [0.15, 0.2) is 11.6 Å². The van der Waals surface area contributed by atoms with Crippen molar-refractivity contribution in [2.75, 3.05) is 13.2 Å². The molecule has 1 saturated heterocycles. The van der Waals surface area contributed by atoms with Gasteiger partial charge in [0.25, 0.3) is 0 Å². The second-order valence-corrected chi connectivity index (χ2v) is 4.09. The highest BCUT2D eigenvalue weighted by Crippen LogP contribution is 2.30. The number of hydrogen-bond donors (Lipinski definition) is 1. The Bertz CT molecular complexity index is 455. The largest absolute Gasteiger partial charge is 0.478 e. The Kier molecular flexibility index (Phi) is 3.47. The minimum absolute atomic E-state index is 0.124. The first-order valence-electron chi connectivity index (χ1n) is 5.49. The van der Waals surface area contributed by atoms with Crippen molar-refractivity contribution < 1.29 is 28.2 Å². The van der Waals surface area contributed by atoms with Crippen LogP contribution in [0.2, 0.25) is 0 Å². The van der Waals surface area contributed by atoms with Gasteiger partial charge in [-0.3, -0.25) is 0 Å². The normalized spacial score (nSPS) is 18.3. The lowest BCUT2D eigenvalue weighted by atomic mass is 9.94. The molecule has 0 spiro atoms. The average molecular weight is 258 g/mol. The van der Waals surface area contributed by atoms with Crippen LogP contribution in [0.1, 0.15) is 12.8 Å². The minimum atomic E-state index is -1.50. The predicted octanol–water partition coefficient (Wildman–Crippen LogP) is 1.98. The first kappa shape index (κ1) is 12.8. The van der Waals surface area contributed by atoms with Gasteiger partial charge in [0.05, 0.1) is 13.2 Å². The highest BCUT2D eigenvalue weighted by molar-refractivity contribution is 5.78. The lowest BCUT2D eigenvalue weighted by Crippen LogP contribution is -2.49. The summed E-state index contributed by atoms with van der Waals surface area (Å²) in [7, 11) is 0. The molecular weight excluding hydrogens is 246 g/mol. The van der Waals surface area contributed by atoms with Crippen LogP contribution in [-0.4, -0.2) is 29.9 Å². The topological polar surface area (TPSA) is 55.8 Å². The van der Waals surface area contributed by atoms with Crippen LogP contribution in [0.5, 0.6) is 5.75 Å². The van der Waals surface area contributed by atoms with E-state index in [4.69, 9.17) is 9.47 Å². The quantitative estimate of drug-likeness (QED) is 0.900. The van der Waals surface area contributed by atoms with Gasteiger partial charge < -0.3 is 14.6 Å². The molecule has 1 aromatic rings. The van der Waals surface area contributed by atoms with Gasteiger partial charge >= 0.3 is 5.97 Å². The molecule has 4 nitrogen and oxygen atoms in total. The SMILES string of the molecule is O=C(O)C1(Oc2ccc(F)cc2F)CCOCC1. The molecule has 0 radical (unpaired) electrons. The monoisotopic (exact) mass is 258 g/mol. The summed E-state index contributed by atoms with van der Waals surface area (Å²) in [6.45, 7) is 0.463. The summed E-state index contributed by atoms with van der Waals surface area (Å²) >= 11 is 0.